The van der Waals surface area contributed by atoms with Crippen LogP contribution in [0.25, 0.3) is 6.08 Å². The predicted molar refractivity (Wildman–Crippen MR) is 96.3 cm³/mol. The molecule has 2 aromatic rings. The van der Waals surface area contributed by atoms with Gasteiger partial charge >= 0.3 is 0 Å². The zero-order valence-corrected chi connectivity index (χ0v) is 14.4. The molecular weight excluding hydrogens is 316 g/mol. The van der Waals surface area contributed by atoms with Crippen molar-refractivity contribution in [2.24, 2.45) is 0 Å². The maximum absolute atomic E-state index is 12.1. The van der Waals surface area contributed by atoms with Crippen molar-refractivity contribution in [3.05, 3.63) is 65.2 Å². The van der Waals surface area contributed by atoms with Crippen LogP contribution in [0.3, 0.4) is 0 Å². The van der Waals surface area contributed by atoms with Gasteiger partial charge in [0.1, 0.15) is 11.5 Å². The number of carbonyl (C=O) groups is 1. The summed E-state index contributed by atoms with van der Waals surface area (Å²) in [4.78, 5) is 12.1. The molecule has 1 unspecified atom stereocenters. The standard InChI is InChI=1S/C20H20N2O3/c1-14(17-7-4-15(13-21)5-8-17)22-20(23)9-6-16-10-18(24-2)12-19(11-16)25-3/h4-12,14H,1-3H3,(H,22,23)/b9-6+. The molecule has 0 aliphatic rings. The number of hydrogen-bond donors (Lipinski definition) is 1. The first kappa shape index (κ1) is 18.1. The minimum absolute atomic E-state index is 0.162. The molecule has 2 aromatic carbocycles. The van der Waals surface area contributed by atoms with Gasteiger partial charge in [-0.1, -0.05) is 12.1 Å². The monoisotopic (exact) mass is 336 g/mol. The van der Waals surface area contributed by atoms with E-state index in [1.807, 2.05) is 31.2 Å². The van der Waals surface area contributed by atoms with Crippen molar-refractivity contribution in [2.75, 3.05) is 14.2 Å². The van der Waals surface area contributed by atoms with E-state index in [0.717, 1.165) is 11.1 Å². The van der Waals surface area contributed by atoms with Crippen molar-refractivity contribution in [1.82, 2.24) is 5.32 Å². The summed E-state index contributed by atoms with van der Waals surface area (Å²) < 4.78 is 10.4. The van der Waals surface area contributed by atoms with E-state index >= 15 is 0 Å². The summed E-state index contributed by atoms with van der Waals surface area (Å²) in [5, 5.41) is 11.7. The van der Waals surface area contributed by atoms with Crippen molar-refractivity contribution < 1.29 is 14.3 Å². The first-order valence-electron chi connectivity index (χ1n) is 7.77. The van der Waals surface area contributed by atoms with Gasteiger partial charge in [0.15, 0.2) is 0 Å². The third-order valence-corrected chi connectivity index (χ3v) is 3.70. The summed E-state index contributed by atoms with van der Waals surface area (Å²) in [6.45, 7) is 1.89. The fraction of sp³-hybridized carbons (Fsp3) is 0.200. The fourth-order valence-corrected chi connectivity index (χ4v) is 2.29. The molecule has 0 fully saturated rings. The van der Waals surface area contributed by atoms with E-state index in [4.69, 9.17) is 14.7 Å². The molecule has 1 N–H and O–H groups in total. The van der Waals surface area contributed by atoms with Crippen LogP contribution in [0.4, 0.5) is 0 Å². The smallest absolute Gasteiger partial charge is 0.244 e. The van der Waals surface area contributed by atoms with E-state index in [-0.39, 0.29) is 11.9 Å². The quantitative estimate of drug-likeness (QED) is 0.820. The lowest BCUT2D eigenvalue weighted by Crippen LogP contribution is -2.24. The second kappa shape index (κ2) is 8.55. The molecule has 1 atom stereocenters. The minimum atomic E-state index is -0.210. The normalized spacial score (nSPS) is 11.6. The number of amides is 1. The molecule has 0 aliphatic carbocycles. The van der Waals surface area contributed by atoms with E-state index in [2.05, 4.69) is 11.4 Å². The molecule has 0 saturated heterocycles. The topological polar surface area (TPSA) is 71.3 Å². The highest BCUT2D eigenvalue weighted by Gasteiger charge is 2.07. The van der Waals surface area contributed by atoms with Gasteiger partial charge < -0.3 is 14.8 Å². The Kier molecular flexibility index (Phi) is 6.19. The molecule has 25 heavy (non-hydrogen) atoms. The van der Waals surface area contributed by atoms with Crippen LogP contribution in [0, 0.1) is 11.3 Å². The third-order valence-electron chi connectivity index (χ3n) is 3.70. The SMILES string of the molecule is COc1cc(/C=C/C(=O)NC(C)c2ccc(C#N)cc2)cc(OC)c1. The number of nitrogens with zero attached hydrogens (tertiary/aromatic N) is 1. The van der Waals surface area contributed by atoms with Crippen LogP contribution < -0.4 is 14.8 Å². The fourth-order valence-electron chi connectivity index (χ4n) is 2.29. The molecular formula is C20H20N2O3. The third kappa shape index (κ3) is 5.11. The second-order valence-electron chi connectivity index (χ2n) is 5.44. The van der Waals surface area contributed by atoms with Crippen molar-refractivity contribution in [3.8, 4) is 17.6 Å². The summed E-state index contributed by atoms with van der Waals surface area (Å²) >= 11 is 0. The van der Waals surface area contributed by atoms with Gasteiger partial charge in [0.2, 0.25) is 5.91 Å². The van der Waals surface area contributed by atoms with Crippen LogP contribution in [-0.2, 0) is 4.79 Å². The summed E-state index contributed by atoms with van der Waals surface area (Å²) in [7, 11) is 3.16. The highest BCUT2D eigenvalue weighted by atomic mass is 16.5. The summed E-state index contributed by atoms with van der Waals surface area (Å²) in [5.74, 6) is 1.11. The molecule has 128 valence electrons. The van der Waals surface area contributed by atoms with Gasteiger partial charge in [-0.3, -0.25) is 4.79 Å². The van der Waals surface area contributed by atoms with E-state index in [0.29, 0.717) is 17.1 Å². The van der Waals surface area contributed by atoms with Crippen LogP contribution in [0.2, 0.25) is 0 Å². The Morgan fingerprint density at radius 3 is 2.24 bits per heavy atom. The molecule has 0 bridgehead atoms. The maximum Gasteiger partial charge on any atom is 0.244 e. The maximum atomic E-state index is 12.1. The first-order valence-corrected chi connectivity index (χ1v) is 7.77. The van der Waals surface area contributed by atoms with Gasteiger partial charge in [-0.25, -0.2) is 0 Å². The minimum Gasteiger partial charge on any atom is -0.497 e. The zero-order chi connectivity index (χ0) is 18.2. The molecule has 5 heteroatoms. The number of ether oxygens (including phenoxy) is 2. The largest absolute Gasteiger partial charge is 0.497 e. The Bertz CT molecular complexity index is 782. The Balaban J connectivity index is 2.03. The Labute approximate surface area is 147 Å². The van der Waals surface area contributed by atoms with Gasteiger partial charge in [-0.05, 0) is 48.4 Å². The van der Waals surface area contributed by atoms with Crippen molar-refractivity contribution >= 4 is 12.0 Å². The molecule has 0 aromatic heterocycles. The van der Waals surface area contributed by atoms with Crippen molar-refractivity contribution in [2.45, 2.75) is 13.0 Å². The highest BCUT2D eigenvalue weighted by Crippen LogP contribution is 2.23. The lowest BCUT2D eigenvalue weighted by atomic mass is 10.1. The molecule has 5 nitrogen and oxygen atoms in total. The predicted octanol–water partition coefficient (Wildman–Crippen LogP) is 3.47. The van der Waals surface area contributed by atoms with Gasteiger partial charge in [-0.2, -0.15) is 5.26 Å². The van der Waals surface area contributed by atoms with Gasteiger partial charge in [0.25, 0.3) is 0 Å². The number of hydrogen-bond acceptors (Lipinski definition) is 4. The van der Waals surface area contributed by atoms with Gasteiger partial charge in [0, 0.05) is 12.1 Å². The number of carbonyl (C=O) groups excluding carboxylic acids is 1. The number of methoxy groups -OCH3 is 2. The molecule has 0 heterocycles. The van der Waals surface area contributed by atoms with Crippen LogP contribution in [-0.4, -0.2) is 20.1 Å². The molecule has 0 saturated carbocycles. The average Bonchev–Trinajstić information content (AvgIpc) is 2.66. The summed E-state index contributed by atoms with van der Waals surface area (Å²) in [5.41, 5.74) is 2.33. The van der Waals surface area contributed by atoms with Crippen LogP contribution in [0.15, 0.2) is 48.5 Å². The lowest BCUT2D eigenvalue weighted by molar-refractivity contribution is -0.117. The average molecular weight is 336 g/mol. The number of rotatable bonds is 6. The molecule has 2 rings (SSSR count). The zero-order valence-electron chi connectivity index (χ0n) is 14.4. The van der Waals surface area contributed by atoms with E-state index in [9.17, 15) is 4.79 Å². The van der Waals surface area contributed by atoms with Gasteiger partial charge in [-0.15, -0.1) is 0 Å². The number of nitriles is 1. The van der Waals surface area contributed by atoms with Crippen LogP contribution in [0.5, 0.6) is 11.5 Å². The van der Waals surface area contributed by atoms with E-state index in [1.165, 1.54) is 6.08 Å². The van der Waals surface area contributed by atoms with Gasteiger partial charge in [0.05, 0.1) is 31.9 Å². The number of nitrogens with one attached hydrogen (secondary N) is 1. The first-order chi connectivity index (χ1) is 12.0. The Morgan fingerprint density at radius 2 is 1.72 bits per heavy atom. The molecule has 0 radical (unpaired) electrons. The Morgan fingerprint density at radius 1 is 1.12 bits per heavy atom. The second-order valence-corrected chi connectivity index (χ2v) is 5.44. The van der Waals surface area contributed by atoms with Crippen LogP contribution >= 0.6 is 0 Å². The van der Waals surface area contributed by atoms with E-state index in [1.54, 1.807) is 38.5 Å². The number of benzene rings is 2. The van der Waals surface area contributed by atoms with E-state index < -0.39 is 0 Å². The molecule has 0 spiro atoms. The Hall–Kier alpha value is -3.26. The highest BCUT2D eigenvalue weighted by molar-refractivity contribution is 5.92. The molecule has 0 aliphatic heterocycles. The molecule has 1 amide bonds. The van der Waals surface area contributed by atoms with Crippen molar-refractivity contribution in [3.63, 3.8) is 0 Å². The van der Waals surface area contributed by atoms with Crippen LogP contribution in [0.1, 0.15) is 29.7 Å². The summed E-state index contributed by atoms with van der Waals surface area (Å²) in [6.07, 6.45) is 3.17. The lowest BCUT2D eigenvalue weighted by Gasteiger charge is -2.13. The van der Waals surface area contributed by atoms with Crippen molar-refractivity contribution in [1.29, 1.82) is 5.26 Å². The summed E-state index contributed by atoms with van der Waals surface area (Å²) in [6, 6.07) is 14.4.